The van der Waals surface area contributed by atoms with Gasteiger partial charge in [-0.3, -0.25) is 0 Å². The number of aliphatic hydroxyl groups excluding tert-OH is 1. The summed E-state index contributed by atoms with van der Waals surface area (Å²) in [6.45, 7) is 2.79. The van der Waals surface area contributed by atoms with Crippen molar-refractivity contribution in [3.05, 3.63) is 59.7 Å². The lowest BCUT2D eigenvalue weighted by molar-refractivity contribution is 0.0443. The van der Waals surface area contributed by atoms with E-state index in [0.717, 1.165) is 16.9 Å². The van der Waals surface area contributed by atoms with Crippen LogP contribution in [0.5, 0.6) is 5.75 Å². The van der Waals surface area contributed by atoms with Crippen molar-refractivity contribution in [3.8, 4) is 5.75 Å². The maximum atomic E-state index is 12.4. The summed E-state index contributed by atoms with van der Waals surface area (Å²) in [6.07, 6.45) is -1.41. The van der Waals surface area contributed by atoms with Crippen molar-refractivity contribution in [2.45, 2.75) is 36.6 Å². The van der Waals surface area contributed by atoms with Gasteiger partial charge < -0.3 is 19.9 Å². The van der Waals surface area contributed by atoms with Crippen LogP contribution in [-0.4, -0.2) is 52.0 Å². The molecule has 3 rings (SSSR count). The Morgan fingerprint density at radius 2 is 1.82 bits per heavy atom. The number of sulfonamides is 1. The highest BCUT2D eigenvalue weighted by atomic mass is 32.2. The van der Waals surface area contributed by atoms with Gasteiger partial charge in [0.05, 0.1) is 36.9 Å². The minimum atomic E-state index is -3.64. The highest BCUT2D eigenvalue weighted by Crippen LogP contribution is 2.17. The van der Waals surface area contributed by atoms with E-state index in [2.05, 4.69) is 10.0 Å². The molecule has 0 saturated carbocycles. The summed E-state index contributed by atoms with van der Waals surface area (Å²) in [5, 5.41) is 13.7. The monoisotopic (exact) mass is 406 g/mol. The lowest BCUT2D eigenvalue weighted by atomic mass is 10.1. The van der Waals surface area contributed by atoms with Crippen molar-refractivity contribution < 1.29 is 23.0 Å². The van der Waals surface area contributed by atoms with E-state index in [1.165, 1.54) is 0 Å². The SMILES string of the molecule is COc1ccc(CN[C@@H]2CO[C@H](CNS(=O)(=O)c3ccc(C)cc3)[C@H]2O)cc1. The van der Waals surface area contributed by atoms with Gasteiger partial charge in [-0.25, -0.2) is 13.1 Å². The maximum Gasteiger partial charge on any atom is 0.240 e. The fourth-order valence-corrected chi connectivity index (χ4v) is 4.07. The van der Waals surface area contributed by atoms with Gasteiger partial charge in [-0.1, -0.05) is 29.8 Å². The number of nitrogens with one attached hydrogen (secondary N) is 2. The van der Waals surface area contributed by atoms with E-state index in [4.69, 9.17) is 9.47 Å². The largest absolute Gasteiger partial charge is 0.497 e. The molecule has 1 heterocycles. The Hall–Kier alpha value is -1.97. The minimum Gasteiger partial charge on any atom is -0.497 e. The van der Waals surface area contributed by atoms with Crippen molar-refractivity contribution in [2.24, 2.45) is 0 Å². The number of benzene rings is 2. The summed E-state index contributed by atoms with van der Waals surface area (Å²) in [6, 6.07) is 14.0. The molecule has 0 aliphatic carbocycles. The lowest BCUT2D eigenvalue weighted by Gasteiger charge is -2.19. The second kappa shape index (κ2) is 9.02. The summed E-state index contributed by atoms with van der Waals surface area (Å²) in [7, 11) is -2.02. The summed E-state index contributed by atoms with van der Waals surface area (Å²) in [5.41, 5.74) is 2.04. The smallest absolute Gasteiger partial charge is 0.240 e. The van der Waals surface area contributed by atoms with Crippen LogP contribution in [0.2, 0.25) is 0 Å². The van der Waals surface area contributed by atoms with E-state index in [1.54, 1.807) is 31.4 Å². The van der Waals surface area contributed by atoms with Crippen molar-refractivity contribution >= 4 is 10.0 Å². The Morgan fingerprint density at radius 1 is 1.14 bits per heavy atom. The first-order valence-corrected chi connectivity index (χ1v) is 10.6. The van der Waals surface area contributed by atoms with E-state index >= 15 is 0 Å². The zero-order chi connectivity index (χ0) is 20.1. The third-order valence-corrected chi connectivity index (χ3v) is 6.26. The van der Waals surface area contributed by atoms with Gasteiger partial charge in [0, 0.05) is 13.1 Å². The lowest BCUT2D eigenvalue weighted by Crippen LogP contribution is -2.44. The molecule has 1 aliphatic rings. The van der Waals surface area contributed by atoms with Crippen LogP contribution in [0.25, 0.3) is 0 Å². The molecule has 0 radical (unpaired) electrons. The van der Waals surface area contributed by atoms with E-state index < -0.39 is 22.2 Å². The molecule has 0 spiro atoms. The number of hydrogen-bond acceptors (Lipinski definition) is 6. The van der Waals surface area contributed by atoms with E-state index in [-0.39, 0.29) is 17.5 Å². The maximum absolute atomic E-state index is 12.4. The van der Waals surface area contributed by atoms with Crippen molar-refractivity contribution in [1.29, 1.82) is 0 Å². The third kappa shape index (κ3) is 5.09. The van der Waals surface area contributed by atoms with Crippen LogP contribution >= 0.6 is 0 Å². The van der Waals surface area contributed by atoms with Gasteiger partial charge in [-0.05, 0) is 36.8 Å². The second-order valence-corrected chi connectivity index (χ2v) is 8.63. The molecule has 1 fully saturated rings. The summed E-state index contributed by atoms with van der Waals surface area (Å²) in [4.78, 5) is 0.194. The Morgan fingerprint density at radius 3 is 2.46 bits per heavy atom. The van der Waals surface area contributed by atoms with Crippen LogP contribution in [0.3, 0.4) is 0 Å². The molecule has 8 heteroatoms. The van der Waals surface area contributed by atoms with Crippen LogP contribution < -0.4 is 14.8 Å². The van der Waals surface area contributed by atoms with Crippen LogP contribution in [0.4, 0.5) is 0 Å². The van der Waals surface area contributed by atoms with Gasteiger partial charge >= 0.3 is 0 Å². The first-order valence-electron chi connectivity index (χ1n) is 9.11. The van der Waals surface area contributed by atoms with Crippen molar-refractivity contribution in [2.75, 3.05) is 20.3 Å². The molecule has 1 aliphatic heterocycles. The Labute approximate surface area is 165 Å². The molecule has 0 aromatic heterocycles. The molecule has 0 amide bonds. The minimum absolute atomic E-state index is 0.0120. The van der Waals surface area contributed by atoms with E-state index in [1.807, 2.05) is 31.2 Å². The molecule has 7 nitrogen and oxygen atoms in total. The van der Waals surface area contributed by atoms with Crippen LogP contribution in [-0.2, 0) is 21.3 Å². The molecule has 2 aromatic carbocycles. The normalized spacial score (nSPS) is 22.3. The van der Waals surface area contributed by atoms with Gasteiger partial charge in [-0.2, -0.15) is 0 Å². The highest BCUT2D eigenvalue weighted by Gasteiger charge is 2.36. The third-order valence-electron chi connectivity index (χ3n) is 4.82. The number of aliphatic hydroxyl groups is 1. The van der Waals surface area contributed by atoms with Gasteiger partial charge in [0.25, 0.3) is 0 Å². The standard InChI is InChI=1S/C20H26N2O5S/c1-14-3-9-17(10-4-14)28(24,25)22-12-19-20(23)18(13-27-19)21-11-15-5-7-16(26-2)8-6-15/h3-10,18-23H,11-13H2,1-2H3/t18-,19-,20+/m1/s1. The van der Waals surface area contributed by atoms with Gasteiger partial charge in [-0.15, -0.1) is 0 Å². The fourth-order valence-electron chi connectivity index (χ4n) is 3.03. The Bertz CT molecular complexity index is 868. The molecule has 1 saturated heterocycles. The first-order chi connectivity index (χ1) is 13.4. The Kier molecular flexibility index (Phi) is 6.69. The van der Waals surface area contributed by atoms with E-state index in [0.29, 0.717) is 13.2 Å². The number of aryl methyl sites for hydroxylation is 1. The van der Waals surface area contributed by atoms with Crippen molar-refractivity contribution in [1.82, 2.24) is 10.0 Å². The second-order valence-electron chi connectivity index (χ2n) is 6.86. The summed E-state index contributed by atoms with van der Waals surface area (Å²) < 4.78 is 38.0. The molecule has 3 N–H and O–H groups in total. The van der Waals surface area contributed by atoms with Gasteiger partial charge in [0.1, 0.15) is 5.75 Å². The molecule has 3 atom stereocenters. The zero-order valence-corrected chi connectivity index (χ0v) is 16.8. The molecular formula is C20H26N2O5S. The van der Waals surface area contributed by atoms with Crippen LogP contribution in [0.1, 0.15) is 11.1 Å². The summed E-state index contributed by atoms with van der Waals surface area (Å²) >= 11 is 0. The van der Waals surface area contributed by atoms with Crippen LogP contribution in [0.15, 0.2) is 53.4 Å². The number of methoxy groups -OCH3 is 1. The zero-order valence-electron chi connectivity index (χ0n) is 16.0. The molecule has 0 unspecified atom stereocenters. The van der Waals surface area contributed by atoms with Gasteiger partial charge in [0.2, 0.25) is 10.0 Å². The number of ether oxygens (including phenoxy) is 2. The topological polar surface area (TPSA) is 96.9 Å². The number of hydrogen-bond donors (Lipinski definition) is 3. The molecular weight excluding hydrogens is 380 g/mol. The average Bonchev–Trinajstić information content (AvgIpc) is 3.05. The molecule has 0 bridgehead atoms. The fraction of sp³-hybridized carbons (Fsp3) is 0.400. The molecule has 152 valence electrons. The number of rotatable bonds is 8. The molecule has 2 aromatic rings. The Balaban J connectivity index is 1.50. The average molecular weight is 407 g/mol. The highest BCUT2D eigenvalue weighted by molar-refractivity contribution is 7.89. The van der Waals surface area contributed by atoms with Crippen LogP contribution in [0, 0.1) is 6.92 Å². The predicted octanol–water partition coefficient (Wildman–Crippen LogP) is 1.20. The van der Waals surface area contributed by atoms with Crippen molar-refractivity contribution in [3.63, 3.8) is 0 Å². The first kappa shape index (κ1) is 20.8. The molecule has 28 heavy (non-hydrogen) atoms. The quantitative estimate of drug-likeness (QED) is 0.610. The summed E-state index contributed by atoms with van der Waals surface area (Å²) in [5.74, 6) is 0.786. The van der Waals surface area contributed by atoms with Gasteiger partial charge in [0.15, 0.2) is 0 Å². The van der Waals surface area contributed by atoms with E-state index in [9.17, 15) is 13.5 Å². The predicted molar refractivity (Wildman–Crippen MR) is 106 cm³/mol.